The van der Waals surface area contributed by atoms with Crippen molar-refractivity contribution in [3.8, 4) is 0 Å². The van der Waals surface area contributed by atoms with Crippen molar-refractivity contribution in [3.05, 3.63) is 29.6 Å². The SMILES string of the molecule is O=C1CCC(Nc2ccc(C3CCNCC3)cc2F)C(=O)N1. The van der Waals surface area contributed by atoms with Gasteiger partial charge in [0.05, 0.1) is 5.69 Å². The molecule has 2 amide bonds. The predicted molar refractivity (Wildman–Crippen MR) is 81.0 cm³/mol. The first-order valence-corrected chi connectivity index (χ1v) is 7.74. The zero-order chi connectivity index (χ0) is 15.5. The van der Waals surface area contributed by atoms with Crippen molar-refractivity contribution in [1.29, 1.82) is 0 Å². The van der Waals surface area contributed by atoms with Gasteiger partial charge in [0.25, 0.3) is 0 Å². The smallest absolute Gasteiger partial charge is 0.249 e. The Kier molecular flexibility index (Phi) is 4.38. The first-order valence-electron chi connectivity index (χ1n) is 7.74. The molecule has 0 saturated carbocycles. The summed E-state index contributed by atoms with van der Waals surface area (Å²) in [6.45, 7) is 1.92. The Bertz CT molecular complexity index is 585. The van der Waals surface area contributed by atoms with E-state index in [0.29, 0.717) is 18.0 Å². The summed E-state index contributed by atoms with van der Waals surface area (Å²) in [5, 5.41) is 8.46. The summed E-state index contributed by atoms with van der Waals surface area (Å²) in [4.78, 5) is 22.8. The van der Waals surface area contributed by atoms with Crippen LogP contribution in [0.4, 0.5) is 10.1 Å². The summed E-state index contributed by atoms with van der Waals surface area (Å²) in [5.41, 5.74) is 1.32. The monoisotopic (exact) mass is 305 g/mol. The van der Waals surface area contributed by atoms with Gasteiger partial charge >= 0.3 is 0 Å². The molecule has 2 saturated heterocycles. The average molecular weight is 305 g/mol. The van der Waals surface area contributed by atoms with Crippen LogP contribution in [0.15, 0.2) is 18.2 Å². The molecule has 1 aromatic rings. The molecular formula is C16H20FN3O2. The summed E-state index contributed by atoms with van der Waals surface area (Å²) < 4.78 is 14.3. The quantitative estimate of drug-likeness (QED) is 0.740. The lowest BCUT2D eigenvalue weighted by Gasteiger charge is -2.25. The molecule has 5 nitrogen and oxygen atoms in total. The maximum atomic E-state index is 14.3. The van der Waals surface area contributed by atoms with Crippen LogP contribution in [0, 0.1) is 5.82 Å². The van der Waals surface area contributed by atoms with Crippen molar-refractivity contribution in [3.63, 3.8) is 0 Å². The van der Waals surface area contributed by atoms with Gasteiger partial charge in [-0.05, 0) is 56.0 Å². The van der Waals surface area contributed by atoms with Crippen LogP contribution in [-0.2, 0) is 9.59 Å². The highest BCUT2D eigenvalue weighted by molar-refractivity contribution is 6.01. The summed E-state index contributed by atoms with van der Waals surface area (Å²) in [7, 11) is 0. The topological polar surface area (TPSA) is 70.2 Å². The molecule has 2 aliphatic heterocycles. The van der Waals surface area contributed by atoms with Gasteiger partial charge in [-0.15, -0.1) is 0 Å². The van der Waals surface area contributed by atoms with E-state index < -0.39 is 11.9 Å². The van der Waals surface area contributed by atoms with Gasteiger partial charge in [-0.3, -0.25) is 14.9 Å². The highest BCUT2D eigenvalue weighted by atomic mass is 19.1. The van der Waals surface area contributed by atoms with E-state index >= 15 is 0 Å². The second kappa shape index (κ2) is 6.44. The van der Waals surface area contributed by atoms with Crippen LogP contribution in [0.3, 0.4) is 0 Å². The van der Waals surface area contributed by atoms with Crippen LogP contribution >= 0.6 is 0 Å². The molecule has 0 radical (unpaired) electrons. The van der Waals surface area contributed by atoms with E-state index in [0.717, 1.165) is 31.5 Å². The Hall–Kier alpha value is -1.95. The van der Waals surface area contributed by atoms with Gasteiger partial charge < -0.3 is 10.6 Å². The van der Waals surface area contributed by atoms with Gasteiger partial charge in [-0.25, -0.2) is 4.39 Å². The Morgan fingerprint density at radius 3 is 2.59 bits per heavy atom. The molecule has 0 aromatic heterocycles. The highest BCUT2D eigenvalue weighted by Gasteiger charge is 2.27. The van der Waals surface area contributed by atoms with Crippen LogP contribution in [-0.4, -0.2) is 30.9 Å². The molecule has 0 aliphatic carbocycles. The molecule has 3 rings (SSSR count). The number of hydrogen-bond acceptors (Lipinski definition) is 4. The van der Waals surface area contributed by atoms with Gasteiger partial charge in [0.2, 0.25) is 11.8 Å². The summed E-state index contributed by atoms with van der Waals surface area (Å²) in [6, 6.07) is 4.62. The predicted octanol–water partition coefficient (Wildman–Crippen LogP) is 1.51. The number of nitrogens with one attached hydrogen (secondary N) is 3. The number of rotatable bonds is 3. The van der Waals surface area contributed by atoms with Crippen molar-refractivity contribution < 1.29 is 14.0 Å². The van der Waals surface area contributed by atoms with Crippen LogP contribution in [0.1, 0.15) is 37.2 Å². The van der Waals surface area contributed by atoms with Gasteiger partial charge in [0, 0.05) is 6.42 Å². The third-order valence-electron chi connectivity index (χ3n) is 4.37. The molecule has 6 heteroatoms. The normalized spacial score (nSPS) is 23.2. The van der Waals surface area contributed by atoms with Crippen molar-refractivity contribution in [2.75, 3.05) is 18.4 Å². The van der Waals surface area contributed by atoms with E-state index in [1.807, 2.05) is 6.07 Å². The molecule has 2 heterocycles. The lowest BCUT2D eigenvalue weighted by atomic mass is 9.90. The van der Waals surface area contributed by atoms with Crippen LogP contribution < -0.4 is 16.0 Å². The second-order valence-electron chi connectivity index (χ2n) is 5.91. The second-order valence-corrected chi connectivity index (χ2v) is 5.91. The Morgan fingerprint density at radius 2 is 1.91 bits per heavy atom. The first kappa shape index (κ1) is 15.0. The number of benzene rings is 1. The van der Waals surface area contributed by atoms with Crippen LogP contribution in [0.5, 0.6) is 0 Å². The standard InChI is InChI=1S/C16H20FN3O2/c17-12-9-11(10-5-7-18-8-6-10)1-2-13(12)19-14-3-4-15(21)20-16(14)22/h1-2,9-10,14,18-19H,3-8H2,(H,20,21,22). The average Bonchev–Trinajstić information content (AvgIpc) is 2.52. The number of amides is 2. The number of imide groups is 1. The number of carbonyl (C=O) groups is 2. The van der Waals surface area contributed by atoms with Crippen LogP contribution in [0.2, 0.25) is 0 Å². The minimum absolute atomic E-state index is 0.273. The molecule has 1 aromatic carbocycles. The molecule has 3 N–H and O–H groups in total. The lowest BCUT2D eigenvalue weighted by molar-refractivity contribution is -0.133. The minimum Gasteiger partial charge on any atom is -0.371 e. The zero-order valence-corrected chi connectivity index (χ0v) is 12.3. The molecule has 1 atom stereocenters. The van der Waals surface area contributed by atoms with E-state index in [1.165, 1.54) is 0 Å². The molecular weight excluding hydrogens is 285 g/mol. The maximum absolute atomic E-state index is 14.3. The van der Waals surface area contributed by atoms with Crippen molar-refractivity contribution in [2.24, 2.45) is 0 Å². The number of hydrogen-bond donors (Lipinski definition) is 3. The lowest BCUT2D eigenvalue weighted by Crippen LogP contribution is -2.47. The molecule has 2 aliphatic rings. The Labute approximate surface area is 128 Å². The van der Waals surface area contributed by atoms with Crippen molar-refractivity contribution in [2.45, 2.75) is 37.6 Å². The summed E-state index contributed by atoms with van der Waals surface area (Å²) in [5.74, 6) is -0.621. The molecule has 118 valence electrons. The highest BCUT2D eigenvalue weighted by Crippen LogP contribution is 2.28. The minimum atomic E-state index is -0.558. The van der Waals surface area contributed by atoms with Crippen molar-refractivity contribution >= 4 is 17.5 Å². The Balaban J connectivity index is 1.69. The maximum Gasteiger partial charge on any atom is 0.249 e. The van der Waals surface area contributed by atoms with E-state index in [9.17, 15) is 14.0 Å². The van der Waals surface area contributed by atoms with Gasteiger partial charge in [0.15, 0.2) is 0 Å². The summed E-state index contributed by atoms with van der Waals surface area (Å²) in [6.07, 6.45) is 2.69. The fourth-order valence-corrected chi connectivity index (χ4v) is 3.08. The fourth-order valence-electron chi connectivity index (χ4n) is 3.08. The van der Waals surface area contributed by atoms with Crippen molar-refractivity contribution in [1.82, 2.24) is 10.6 Å². The molecule has 22 heavy (non-hydrogen) atoms. The molecule has 0 spiro atoms. The largest absolute Gasteiger partial charge is 0.371 e. The molecule has 0 bridgehead atoms. The number of anilines is 1. The summed E-state index contributed by atoms with van der Waals surface area (Å²) >= 11 is 0. The number of carbonyl (C=O) groups excluding carboxylic acids is 2. The zero-order valence-electron chi connectivity index (χ0n) is 12.3. The van der Waals surface area contributed by atoms with Gasteiger partial charge in [-0.1, -0.05) is 6.07 Å². The Morgan fingerprint density at radius 1 is 1.14 bits per heavy atom. The van der Waals surface area contributed by atoms with Gasteiger partial charge in [-0.2, -0.15) is 0 Å². The van der Waals surface area contributed by atoms with Gasteiger partial charge in [0.1, 0.15) is 11.9 Å². The third-order valence-corrected chi connectivity index (χ3v) is 4.37. The molecule has 2 fully saturated rings. The van der Waals surface area contributed by atoms with E-state index in [-0.39, 0.29) is 18.1 Å². The third kappa shape index (κ3) is 3.27. The number of halogens is 1. The van der Waals surface area contributed by atoms with Crippen LogP contribution in [0.25, 0.3) is 0 Å². The van der Waals surface area contributed by atoms with E-state index in [4.69, 9.17) is 0 Å². The first-order chi connectivity index (χ1) is 10.6. The number of piperidine rings is 2. The molecule has 1 unspecified atom stereocenters. The fraction of sp³-hybridized carbons (Fsp3) is 0.500. The van der Waals surface area contributed by atoms with E-state index in [1.54, 1.807) is 12.1 Å². The van der Waals surface area contributed by atoms with E-state index in [2.05, 4.69) is 16.0 Å².